The number of carbonyl (C=O) groups excluding carboxylic acids is 1. The Morgan fingerprint density at radius 3 is 2.78 bits per heavy atom. The van der Waals surface area contributed by atoms with Gasteiger partial charge in [-0.2, -0.15) is 0 Å². The average Bonchev–Trinajstić information content (AvgIpc) is 3.27. The van der Waals surface area contributed by atoms with Crippen molar-refractivity contribution in [2.75, 3.05) is 39.9 Å². The fourth-order valence-corrected chi connectivity index (χ4v) is 4.37. The molecule has 0 radical (unpaired) electrons. The predicted molar refractivity (Wildman–Crippen MR) is 139 cm³/mol. The topological polar surface area (TPSA) is 75.2 Å². The Hall–Kier alpha value is -1.55. The van der Waals surface area contributed by atoms with Crippen molar-refractivity contribution in [3.8, 4) is 5.75 Å². The minimum absolute atomic E-state index is 0. The van der Waals surface area contributed by atoms with Crippen molar-refractivity contribution in [1.82, 2.24) is 15.5 Å². The van der Waals surface area contributed by atoms with Crippen LogP contribution in [0.15, 0.2) is 29.3 Å². The van der Waals surface area contributed by atoms with Gasteiger partial charge in [0.15, 0.2) is 5.96 Å². The van der Waals surface area contributed by atoms with Crippen LogP contribution < -0.4 is 15.4 Å². The fraction of sp³-hybridized carbons (Fsp3) is 0.667. The molecule has 180 valence electrons. The molecule has 3 rings (SSSR count). The molecule has 1 saturated carbocycles. The van der Waals surface area contributed by atoms with Gasteiger partial charge >= 0.3 is 0 Å². The first-order valence-corrected chi connectivity index (χ1v) is 11.7. The fourth-order valence-electron chi connectivity index (χ4n) is 4.37. The smallest absolute Gasteiger partial charge is 0.225 e. The van der Waals surface area contributed by atoms with Crippen LogP contribution in [0.4, 0.5) is 0 Å². The second kappa shape index (κ2) is 14.6. The first kappa shape index (κ1) is 26.7. The second-order valence-corrected chi connectivity index (χ2v) is 8.41. The van der Waals surface area contributed by atoms with Crippen LogP contribution >= 0.6 is 24.0 Å². The van der Waals surface area contributed by atoms with E-state index in [-0.39, 0.29) is 35.9 Å². The predicted octanol–water partition coefficient (Wildman–Crippen LogP) is 3.57. The van der Waals surface area contributed by atoms with E-state index in [1.165, 1.54) is 19.3 Å². The number of nitrogens with zero attached hydrogens (tertiary/aromatic N) is 2. The molecule has 1 aromatic rings. The molecular formula is C24H39IN4O3. The van der Waals surface area contributed by atoms with Gasteiger partial charge in [0.1, 0.15) is 5.75 Å². The van der Waals surface area contributed by atoms with Gasteiger partial charge < -0.3 is 25.0 Å². The van der Waals surface area contributed by atoms with E-state index in [9.17, 15) is 4.79 Å². The Kier molecular flexibility index (Phi) is 12.2. The first-order chi connectivity index (χ1) is 15.2. The van der Waals surface area contributed by atoms with Gasteiger partial charge in [-0.3, -0.25) is 9.79 Å². The Bertz CT molecular complexity index is 725. The molecule has 1 atom stereocenters. The van der Waals surface area contributed by atoms with Crippen LogP contribution in [0.2, 0.25) is 0 Å². The number of hydrogen-bond acceptors (Lipinski definition) is 4. The SMILES string of the molecule is CCNC(=NCCOCc1cccc(OC)c1)NC1CCN(C(=O)C2CCCCC2)C1.I. The minimum atomic E-state index is 0. The lowest BCUT2D eigenvalue weighted by molar-refractivity contribution is -0.135. The van der Waals surface area contributed by atoms with E-state index in [0.29, 0.717) is 25.7 Å². The largest absolute Gasteiger partial charge is 0.497 e. The average molecular weight is 559 g/mol. The number of carbonyl (C=O) groups is 1. The summed E-state index contributed by atoms with van der Waals surface area (Å²) in [5.41, 5.74) is 1.09. The Morgan fingerprint density at radius 1 is 1.22 bits per heavy atom. The van der Waals surface area contributed by atoms with Gasteiger partial charge in [-0.15, -0.1) is 24.0 Å². The normalized spacial score (nSPS) is 19.4. The van der Waals surface area contributed by atoms with Crippen molar-refractivity contribution >= 4 is 35.8 Å². The molecule has 0 spiro atoms. The van der Waals surface area contributed by atoms with E-state index in [0.717, 1.165) is 56.2 Å². The van der Waals surface area contributed by atoms with Crippen LogP contribution in [0.25, 0.3) is 0 Å². The van der Waals surface area contributed by atoms with E-state index in [2.05, 4.69) is 27.4 Å². The molecule has 1 aliphatic heterocycles. The molecule has 1 unspecified atom stereocenters. The molecule has 2 N–H and O–H groups in total. The lowest BCUT2D eigenvalue weighted by atomic mass is 9.88. The molecule has 0 aromatic heterocycles. The van der Waals surface area contributed by atoms with E-state index in [1.807, 2.05) is 24.3 Å². The van der Waals surface area contributed by atoms with E-state index >= 15 is 0 Å². The zero-order valence-corrected chi connectivity index (χ0v) is 21.8. The van der Waals surface area contributed by atoms with Crippen LogP contribution in [0.5, 0.6) is 5.75 Å². The van der Waals surface area contributed by atoms with Crippen molar-refractivity contribution in [2.45, 2.75) is 58.1 Å². The molecule has 8 heteroatoms. The van der Waals surface area contributed by atoms with E-state index in [4.69, 9.17) is 9.47 Å². The number of amides is 1. The molecule has 7 nitrogen and oxygen atoms in total. The van der Waals surface area contributed by atoms with Crippen LogP contribution in [0, 0.1) is 5.92 Å². The highest BCUT2D eigenvalue weighted by Gasteiger charge is 2.31. The Labute approximate surface area is 209 Å². The number of nitrogens with one attached hydrogen (secondary N) is 2. The van der Waals surface area contributed by atoms with Gasteiger partial charge in [0.25, 0.3) is 0 Å². The molecule has 1 aromatic carbocycles. The third-order valence-corrected chi connectivity index (χ3v) is 6.05. The standard InChI is InChI=1S/C24H38N4O3.HI/c1-3-25-24(26-13-15-31-18-19-8-7-11-22(16-19)30-2)27-21-12-14-28(17-21)23(29)20-9-5-4-6-10-20;/h7-8,11,16,20-21H,3-6,9-10,12-15,17-18H2,1-2H3,(H2,25,26,27);1H. The summed E-state index contributed by atoms with van der Waals surface area (Å²) in [5, 5.41) is 6.81. The number of ether oxygens (including phenoxy) is 2. The summed E-state index contributed by atoms with van der Waals surface area (Å²) in [5.74, 6) is 2.24. The van der Waals surface area contributed by atoms with Crippen molar-refractivity contribution in [3.05, 3.63) is 29.8 Å². The van der Waals surface area contributed by atoms with Gasteiger partial charge in [0.05, 0.1) is 26.9 Å². The summed E-state index contributed by atoms with van der Waals surface area (Å²) in [7, 11) is 1.67. The summed E-state index contributed by atoms with van der Waals surface area (Å²) in [6.07, 6.45) is 6.77. The van der Waals surface area contributed by atoms with E-state index < -0.39 is 0 Å². The second-order valence-electron chi connectivity index (χ2n) is 8.41. The summed E-state index contributed by atoms with van der Waals surface area (Å²) in [6, 6.07) is 8.15. The zero-order valence-electron chi connectivity index (χ0n) is 19.5. The number of likely N-dealkylation sites (tertiary alicyclic amines) is 1. The number of hydrogen-bond donors (Lipinski definition) is 2. The Balaban J connectivity index is 0.00000363. The molecule has 1 aliphatic carbocycles. The number of halogens is 1. The van der Waals surface area contributed by atoms with Crippen molar-refractivity contribution in [3.63, 3.8) is 0 Å². The number of aliphatic imine (C=N–C) groups is 1. The third-order valence-electron chi connectivity index (χ3n) is 6.05. The maximum Gasteiger partial charge on any atom is 0.225 e. The molecule has 0 bridgehead atoms. The van der Waals surface area contributed by atoms with Crippen molar-refractivity contribution in [2.24, 2.45) is 10.9 Å². The lowest BCUT2D eigenvalue weighted by Gasteiger charge is -2.26. The summed E-state index contributed by atoms with van der Waals surface area (Å²) < 4.78 is 11.0. The van der Waals surface area contributed by atoms with E-state index in [1.54, 1.807) is 7.11 Å². The number of guanidine groups is 1. The molecule has 1 saturated heterocycles. The molecule has 32 heavy (non-hydrogen) atoms. The quantitative estimate of drug-likeness (QED) is 0.210. The number of rotatable bonds is 9. The van der Waals surface area contributed by atoms with Crippen molar-refractivity contribution < 1.29 is 14.3 Å². The number of benzene rings is 1. The Morgan fingerprint density at radius 2 is 2.03 bits per heavy atom. The number of methoxy groups -OCH3 is 1. The lowest BCUT2D eigenvalue weighted by Crippen LogP contribution is -2.45. The highest BCUT2D eigenvalue weighted by molar-refractivity contribution is 14.0. The molecule has 2 fully saturated rings. The van der Waals surface area contributed by atoms with Crippen LogP contribution in [-0.4, -0.2) is 62.7 Å². The van der Waals surface area contributed by atoms with Crippen LogP contribution in [0.3, 0.4) is 0 Å². The van der Waals surface area contributed by atoms with Gasteiger partial charge in [-0.25, -0.2) is 0 Å². The first-order valence-electron chi connectivity index (χ1n) is 11.7. The van der Waals surface area contributed by atoms with Crippen molar-refractivity contribution in [1.29, 1.82) is 0 Å². The summed E-state index contributed by atoms with van der Waals surface area (Å²) in [6.45, 7) is 6.14. The minimum Gasteiger partial charge on any atom is -0.497 e. The van der Waals surface area contributed by atoms with Crippen LogP contribution in [-0.2, 0) is 16.1 Å². The monoisotopic (exact) mass is 558 g/mol. The summed E-state index contributed by atoms with van der Waals surface area (Å²) >= 11 is 0. The van der Waals surface area contributed by atoms with Gasteiger partial charge in [-0.05, 0) is 43.9 Å². The highest BCUT2D eigenvalue weighted by atomic mass is 127. The highest BCUT2D eigenvalue weighted by Crippen LogP contribution is 2.26. The molecule has 1 amide bonds. The maximum atomic E-state index is 12.8. The zero-order chi connectivity index (χ0) is 21.9. The van der Waals surface area contributed by atoms with Gasteiger partial charge in [0, 0.05) is 31.6 Å². The molecule has 2 aliphatic rings. The summed E-state index contributed by atoms with van der Waals surface area (Å²) in [4.78, 5) is 19.5. The maximum absolute atomic E-state index is 12.8. The molecular weight excluding hydrogens is 519 g/mol. The van der Waals surface area contributed by atoms with Gasteiger partial charge in [0.2, 0.25) is 5.91 Å². The van der Waals surface area contributed by atoms with Gasteiger partial charge in [-0.1, -0.05) is 31.4 Å². The van der Waals surface area contributed by atoms with Crippen LogP contribution in [0.1, 0.15) is 51.0 Å². The molecule has 1 heterocycles. The third kappa shape index (κ3) is 8.42.